The largest absolute Gasteiger partial charge is 0.491 e. The monoisotopic (exact) mass is 267 g/mol. The second kappa shape index (κ2) is 8.37. The van der Waals surface area contributed by atoms with Gasteiger partial charge in [-0.05, 0) is 26.0 Å². The molecule has 1 rings (SSSR count). The molecule has 2 N–H and O–H groups in total. The van der Waals surface area contributed by atoms with Crippen LogP contribution in [0.25, 0.3) is 0 Å². The van der Waals surface area contributed by atoms with E-state index in [0.29, 0.717) is 24.7 Å². The van der Waals surface area contributed by atoms with Gasteiger partial charge in [0, 0.05) is 6.61 Å². The summed E-state index contributed by atoms with van der Waals surface area (Å²) in [6.45, 7) is 4.96. The van der Waals surface area contributed by atoms with Crippen LogP contribution < -0.4 is 10.5 Å². The number of hydrogen-bond donors (Lipinski definition) is 1. The van der Waals surface area contributed by atoms with Gasteiger partial charge in [0.2, 0.25) is 0 Å². The Morgan fingerprint density at radius 2 is 2.11 bits per heavy atom. The number of carbonyl (C=O) groups is 1. The Labute approximate surface area is 113 Å². The van der Waals surface area contributed by atoms with E-state index in [-0.39, 0.29) is 25.1 Å². The van der Waals surface area contributed by atoms with E-state index >= 15 is 0 Å². The summed E-state index contributed by atoms with van der Waals surface area (Å²) in [5, 5.41) is 0. The molecular formula is C14H21NO4. The fourth-order valence-corrected chi connectivity index (χ4v) is 1.46. The molecule has 0 aliphatic heterocycles. The average Bonchev–Trinajstić information content (AvgIpc) is 2.38. The summed E-state index contributed by atoms with van der Waals surface area (Å²) < 4.78 is 15.7. The molecule has 0 spiro atoms. The summed E-state index contributed by atoms with van der Waals surface area (Å²) in [7, 11) is 0. The van der Waals surface area contributed by atoms with Crippen molar-refractivity contribution in [1.29, 1.82) is 0 Å². The minimum Gasteiger partial charge on any atom is -0.491 e. The number of esters is 1. The third kappa shape index (κ3) is 6.10. The van der Waals surface area contributed by atoms with E-state index in [1.54, 1.807) is 19.1 Å². The Morgan fingerprint density at radius 3 is 2.79 bits per heavy atom. The number of carbonyl (C=O) groups excluding carboxylic acids is 1. The predicted molar refractivity (Wildman–Crippen MR) is 73.0 cm³/mol. The number of para-hydroxylation sites is 2. The Hall–Kier alpha value is -1.75. The lowest BCUT2D eigenvalue weighted by Crippen LogP contribution is -2.21. The van der Waals surface area contributed by atoms with Crippen LogP contribution in [0, 0.1) is 0 Å². The maximum Gasteiger partial charge on any atom is 0.309 e. The number of rotatable bonds is 8. The van der Waals surface area contributed by atoms with Crippen molar-refractivity contribution >= 4 is 11.7 Å². The molecule has 0 fully saturated rings. The van der Waals surface area contributed by atoms with Crippen LogP contribution in [0.2, 0.25) is 0 Å². The fraction of sp³-hybridized carbons (Fsp3) is 0.500. The molecule has 0 bridgehead atoms. The van der Waals surface area contributed by atoms with Gasteiger partial charge in [0.25, 0.3) is 0 Å². The van der Waals surface area contributed by atoms with Gasteiger partial charge in [-0.15, -0.1) is 0 Å². The van der Waals surface area contributed by atoms with E-state index in [4.69, 9.17) is 19.9 Å². The van der Waals surface area contributed by atoms with Crippen molar-refractivity contribution < 1.29 is 19.0 Å². The van der Waals surface area contributed by atoms with E-state index in [1.165, 1.54) is 0 Å². The molecule has 5 heteroatoms. The molecule has 0 aromatic heterocycles. The average molecular weight is 267 g/mol. The Bertz CT molecular complexity index is 395. The summed E-state index contributed by atoms with van der Waals surface area (Å²) in [5.74, 6) is 0.277. The number of nitrogens with two attached hydrogens (primary N) is 1. The van der Waals surface area contributed by atoms with Gasteiger partial charge in [-0.25, -0.2) is 0 Å². The molecule has 1 unspecified atom stereocenters. The first kappa shape index (κ1) is 15.3. The van der Waals surface area contributed by atoms with Crippen LogP contribution in [0.3, 0.4) is 0 Å². The molecule has 0 amide bonds. The SMILES string of the molecule is CCOCC(C)OC(=O)CCOc1ccccc1N. The molecule has 0 saturated heterocycles. The van der Waals surface area contributed by atoms with Crippen LogP contribution in [0.1, 0.15) is 20.3 Å². The predicted octanol–water partition coefficient (Wildman–Crippen LogP) is 2.01. The summed E-state index contributed by atoms with van der Waals surface area (Å²) in [6, 6.07) is 7.16. The van der Waals surface area contributed by atoms with E-state index in [2.05, 4.69) is 0 Å². The molecule has 106 valence electrons. The van der Waals surface area contributed by atoms with Crippen molar-refractivity contribution in [2.45, 2.75) is 26.4 Å². The smallest absolute Gasteiger partial charge is 0.309 e. The van der Waals surface area contributed by atoms with Gasteiger partial charge in [0.05, 0.1) is 25.3 Å². The van der Waals surface area contributed by atoms with Crippen LogP contribution in [0.15, 0.2) is 24.3 Å². The minimum atomic E-state index is -0.304. The second-order valence-electron chi connectivity index (χ2n) is 4.10. The number of hydrogen-bond acceptors (Lipinski definition) is 5. The van der Waals surface area contributed by atoms with Crippen LogP contribution >= 0.6 is 0 Å². The highest BCUT2D eigenvalue weighted by atomic mass is 16.6. The van der Waals surface area contributed by atoms with Crippen molar-refractivity contribution in [3.05, 3.63) is 24.3 Å². The first-order valence-corrected chi connectivity index (χ1v) is 6.38. The topological polar surface area (TPSA) is 70.8 Å². The maximum absolute atomic E-state index is 11.5. The quantitative estimate of drug-likeness (QED) is 0.576. The van der Waals surface area contributed by atoms with E-state index < -0.39 is 0 Å². The van der Waals surface area contributed by atoms with Gasteiger partial charge in [-0.3, -0.25) is 4.79 Å². The number of anilines is 1. The Kier molecular flexibility index (Phi) is 6.74. The molecule has 0 aliphatic carbocycles. The molecule has 1 atom stereocenters. The van der Waals surface area contributed by atoms with Crippen LogP contribution in [-0.4, -0.2) is 31.9 Å². The van der Waals surface area contributed by atoms with Crippen molar-refractivity contribution in [1.82, 2.24) is 0 Å². The maximum atomic E-state index is 11.5. The van der Waals surface area contributed by atoms with E-state index in [0.717, 1.165) is 0 Å². The molecule has 19 heavy (non-hydrogen) atoms. The van der Waals surface area contributed by atoms with Gasteiger partial charge < -0.3 is 19.9 Å². The standard InChI is InChI=1S/C14H21NO4/c1-3-17-10-11(2)19-14(16)8-9-18-13-7-5-4-6-12(13)15/h4-7,11H,3,8-10,15H2,1-2H3. The zero-order valence-electron chi connectivity index (χ0n) is 11.4. The fourth-order valence-electron chi connectivity index (χ4n) is 1.46. The third-order valence-corrected chi connectivity index (χ3v) is 2.37. The Morgan fingerprint density at radius 1 is 1.37 bits per heavy atom. The zero-order valence-corrected chi connectivity index (χ0v) is 11.4. The van der Waals surface area contributed by atoms with Gasteiger partial charge in [-0.2, -0.15) is 0 Å². The first-order valence-electron chi connectivity index (χ1n) is 6.38. The number of nitrogen functional groups attached to an aromatic ring is 1. The van der Waals surface area contributed by atoms with Gasteiger partial charge in [0.1, 0.15) is 11.9 Å². The highest BCUT2D eigenvalue weighted by Crippen LogP contribution is 2.19. The van der Waals surface area contributed by atoms with Gasteiger partial charge in [0.15, 0.2) is 0 Å². The third-order valence-electron chi connectivity index (χ3n) is 2.37. The summed E-state index contributed by atoms with van der Waals surface area (Å²) in [5.41, 5.74) is 6.27. The molecule has 0 heterocycles. The Balaban J connectivity index is 2.22. The normalized spacial score (nSPS) is 11.9. The van der Waals surface area contributed by atoms with E-state index in [1.807, 2.05) is 19.1 Å². The lowest BCUT2D eigenvalue weighted by atomic mass is 10.3. The van der Waals surface area contributed by atoms with Crippen molar-refractivity contribution in [3.63, 3.8) is 0 Å². The van der Waals surface area contributed by atoms with Crippen molar-refractivity contribution in [3.8, 4) is 5.75 Å². The van der Waals surface area contributed by atoms with Gasteiger partial charge >= 0.3 is 5.97 Å². The van der Waals surface area contributed by atoms with Gasteiger partial charge in [-0.1, -0.05) is 12.1 Å². The second-order valence-corrected chi connectivity index (χ2v) is 4.10. The molecule has 0 aliphatic rings. The van der Waals surface area contributed by atoms with Crippen molar-refractivity contribution in [2.24, 2.45) is 0 Å². The molecule has 5 nitrogen and oxygen atoms in total. The van der Waals surface area contributed by atoms with Crippen LogP contribution in [0.5, 0.6) is 5.75 Å². The molecule has 0 radical (unpaired) electrons. The zero-order chi connectivity index (χ0) is 14.1. The summed E-state index contributed by atoms with van der Waals surface area (Å²) >= 11 is 0. The molecular weight excluding hydrogens is 246 g/mol. The molecule has 1 aromatic carbocycles. The number of ether oxygens (including phenoxy) is 3. The molecule has 0 saturated carbocycles. The lowest BCUT2D eigenvalue weighted by molar-refractivity contribution is -0.151. The minimum absolute atomic E-state index is 0.185. The lowest BCUT2D eigenvalue weighted by Gasteiger charge is -2.13. The number of benzene rings is 1. The molecule has 1 aromatic rings. The summed E-state index contributed by atoms with van der Waals surface area (Å²) in [4.78, 5) is 11.5. The van der Waals surface area contributed by atoms with Crippen molar-refractivity contribution in [2.75, 3.05) is 25.6 Å². The van der Waals surface area contributed by atoms with Crippen LogP contribution in [-0.2, 0) is 14.3 Å². The van der Waals surface area contributed by atoms with E-state index in [9.17, 15) is 4.79 Å². The highest BCUT2D eigenvalue weighted by Gasteiger charge is 2.10. The highest BCUT2D eigenvalue weighted by molar-refractivity contribution is 5.69. The first-order chi connectivity index (χ1) is 9.13. The summed E-state index contributed by atoms with van der Waals surface area (Å²) in [6.07, 6.45) is -0.0561. The van der Waals surface area contributed by atoms with Crippen LogP contribution in [0.4, 0.5) is 5.69 Å².